The zero-order valence-corrected chi connectivity index (χ0v) is 15.4. The largest absolute Gasteiger partial charge is 0.573 e. The van der Waals surface area contributed by atoms with Gasteiger partial charge in [0.25, 0.3) is 5.91 Å². The molecule has 5 nitrogen and oxygen atoms in total. The summed E-state index contributed by atoms with van der Waals surface area (Å²) in [6, 6.07) is 14.3. The lowest BCUT2D eigenvalue weighted by molar-refractivity contribution is -0.274. The highest BCUT2D eigenvalue weighted by Gasteiger charge is 2.38. The van der Waals surface area contributed by atoms with E-state index in [4.69, 9.17) is 0 Å². The zero-order valence-electron chi connectivity index (χ0n) is 15.4. The van der Waals surface area contributed by atoms with Crippen LogP contribution in [0.2, 0.25) is 0 Å². The number of nitrogens with one attached hydrogen (secondary N) is 1. The van der Waals surface area contributed by atoms with Crippen molar-refractivity contribution in [2.24, 2.45) is 0 Å². The molecule has 9 heteroatoms. The first-order chi connectivity index (χ1) is 14.3. The number of rotatable bonds is 5. The van der Waals surface area contributed by atoms with E-state index in [1.54, 1.807) is 30.5 Å². The number of carbonyl (C=O) groups is 1. The Morgan fingerprint density at radius 3 is 2.40 bits per heavy atom. The number of aromatic nitrogens is 1. The molecule has 2 heterocycles. The molecule has 1 aliphatic rings. The second kappa shape index (κ2) is 7.66. The van der Waals surface area contributed by atoms with Crippen LogP contribution in [0.15, 0.2) is 66.9 Å². The molecular formula is C21H15F4N3O2. The Hall–Kier alpha value is -3.62. The van der Waals surface area contributed by atoms with Gasteiger partial charge in [-0.25, -0.2) is 4.39 Å². The van der Waals surface area contributed by atoms with Gasteiger partial charge >= 0.3 is 6.36 Å². The zero-order chi connectivity index (χ0) is 21.3. The minimum atomic E-state index is -4.78. The molecule has 30 heavy (non-hydrogen) atoms. The number of fused-ring (bicyclic) bond motifs is 1. The van der Waals surface area contributed by atoms with Crippen LogP contribution < -0.4 is 10.1 Å². The fourth-order valence-corrected chi connectivity index (χ4v) is 3.24. The van der Waals surface area contributed by atoms with Gasteiger partial charge in [0, 0.05) is 18.4 Å². The van der Waals surface area contributed by atoms with E-state index >= 15 is 0 Å². The van der Waals surface area contributed by atoms with E-state index in [1.165, 1.54) is 41.3 Å². The number of benzene rings is 2. The van der Waals surface area contributed by atoms with Crippen molar-refractivity contribution in [2.75, 3.05) is 5.32 Å². The number of alkyl halides is 3. The Morgan fingerprint density at radius 2 is 1.73 bits per heavy atom. The summed E-state index contributed by atoms with van der Waals surface area (Å²) in [6.07, 6.45) is -3.86. The maximum absolute atomic E-state index is 13.2. The van der Waals surface area contributed by atoms with Crippen molar-refractivity contribution < 1.29 is 27.1 Å². The smallest absolute Gasteiger partial charge is 0.406 e. The molecule has 0 aliphatic carbocycles. The molecule has 0 spiro atoms. The summed E-state index contributed by atoms with van der Waals surface area (Å²) in [5, 5.41) is 3.13. The van der Waals surface area contributed by atoms with Gasteiger partial charge in [-0.1, -0.05) is 12.1 Å². The standard InChI is InChI=1S/C21H15F4N3O2/c22-14-5-3-13(4-6-14)12-28-19(18-17(20(28)29)2-1-11-26-18)27-15-7-9-16(10-8-15)30-21(23,24)25/h1-11,19,27H,12H2/t19-/m0/s1. The highest BCUT2D eigenvalue weighted by molar-refractivity contribution is 5.98. The average Bonchev–Trinajstić information content (AvgIpc) is 2.96. The van der Waals surface area contributed by atoms with Crippen molar-refractivity contribution in [1.29, 1.82) is 0 Å². The van der Waals surface area contributed by atoms with Crippen molar-refractivity contribution in [2.45, 2.75) is 19.1 Å². The van der Waals surface area contributed by atoms with Gasteiger partial charge in [0.05, 0.1) is 11.3 Å². The minimum absolute atomic E-state index is 0.197. The third kappa shape index (κ3) is 4.19. The summed E-state index contributed by atoms with van der Waals surface area (Å²) in [7, 11) is 0. The van der Waals surface area contributed by atoms with E-state index in [1.807, 2.05) is 0 Å². The van der Waals surface area contributed by atoms with E-state index in [-0.39, 0.29) is 24.0 Å². The number of amides is 1. The van der Waals surface area contributed by atoms with Crippen LogP contribution in [-0.2, 0) is 6.54 Å². The Labute approximate surface area is 168 Å². The first-order valence-corrected chi connectivity index (χ1v) is 8.93. The summed E-state index contributed by atoms with van der Waals surface area (Å²) < 4.78 is 54.1. The van der Waals surface area contributed by atoms with Crippen LogP contribution in [0.25, 0.3) is 0 Å². The Morgan fingerprint density at radius 1 is 1.03 bits per heavy atom. The van der Waals surface area contributed by atoms with Gasteiger partial charge in [0.15, 0.2) is 0 Å². The fraction of sp³-hybridized carbons (Fsp3) is 0.143. The van der Waals surface area contributed by atoms with Gasteiger partial charge in [-0.2, -0.15) is 0 Å². The molecule has 0 saturated heterocycles. The van der Waals surface area contributed by atoms with Crippen molar-refractivity contribution >= 4 is 11.6 Å². The van der Waals surface area contributed by atoms with Crippen LogP contribution in [0.3, 0.4) is 0 Å². The summed E-state index contributed by atoms with van der Waals surface area (Å²) in [5.41, 5.74) is 2.12. The van der Waals surface area contributed by atoms with Gasteiger partial charge in [-0.15, -0.1) is 13.2 Å². The van der Waals surface area contributed by atoms with Gasteiger partial charge in [-0.05, 0) is 54.1 Å². The van der Waals surface area contributed by atoms with Crippen LogP contribution in [-0.4, -0.2) is 22.2 Å². The lowest BCUT2D eigenvalue weighted by Crippen LogP contribution is -2.32. The molecule has 0 bridgehead atoms. The fourth-order valence-electron chi connectivity index (χ4n) is 3.24. The van der Waals surface area contributed by atoms with Crippen LogP contribution >= 0.6 is 0 Å². The quantitative estimate of drug-likeness (QED) is 0.601. The first-order valence-electron chi connectivity index (χ1n) is 8.93. The van der Waals surface area contributed by atoms with Gasteiger partial charge in [0.1, 0.15) is 17.7 Å². The molecular weight excluding hydrogens is 402 g/mol. The second-order valence-corrected chi connectivity index (χ2v) is 6.61. The number of hydrogen-bond acceptors (Lipinski definition) is 4. The Bertz CT molecular complexity index is 1050. The second-order valence-electron chi connectivity index (χ2n) is 6.61. The molecule has 154 valence electrons. The molecule has 4 rings (SSSR count). The average molecular weight is 417 g/mol. The Kier molecular flexibility index (Phi) is 5.03. The molecule has 0 radical (unpaired) electrons. The predicted octanol–water partition coefficient (Wildman–Crippen LogP) is 4.89. The lowest BCUT2D eigenvalue weighted by Gasteiger charge is -2.26. The van der Waals surface area contributed by atoms with E-state index in [9.17, 15) is 22.4 Å². The molecule has 1 N–H and O–H groups in total. The number of nitrogens with zero attached hydrogens (tertiary/aromatic N) is 2. The number of pyridine rings is 1. The van der Waals surface area contributed by atoms with Crippen LogP contribution in [0.5, 0.6) is 5.75 Å². The topological polar surface area (TPSA) is 54.5 Å². The van der Waals surface area contributed by atoms with Gasteiger partial charge in [-0.3, -0.25) is 9.78 Å². The molecule has 0 saturated carbocycles. The highest BCUT2D eigenvalue weighted by Crippen LogP contribution is 2.34. The summed E-state index contributed by atoms with van der Waals surface area (Å²) in [5.74, 6) is -0.985. The third-order valence-corrected chi connectivity index (χ3v) is 4.56. The van der Waals surface area contributed by atoms with Crippen molar-refractivity contribution in [1.82, 2.24) is 9.88 Å². The van der Waals surface area contributed by atoms with Crippen molar-refractivity contribution in [3.63, 3.8) is 0 Å². The molecule has 1 aliphatic heterocycles. The molecule has 0 fully saturated rings. The maximum Gasteiger partial charge on any atom is 0.573 e. The van der Waals surface area contributed by atoms with Crippen LogP contribution in [0, 0.1) is 5.82 Å². The predicted molar refractivity (Wildman–Crippen MR) is 100.0 cm³/mol. The van der Waals surface area contributed by atoms with Crippen LogP contribution in [0.1, 0.15) is 27.8 Å². The normalized spacial score (nSPS) is 15.8. The number of hydrogen-bond donors (Lipinski definition) is 1. The minimum Gasteiger partial charge on any atom is -0.406 e. The molecule has 1 amide bonds. The van der Waals surface area contributed by atoms with Crippen LogP contribution in [0.4, 0.5) is 23.2 Å². The van der Waals surface area contributed by atoms with E-state index in [0.29, 0.717) is 16.9 Å². The highest BCUT2D eigenvalue weighted by atomic mass is 19.4. The number of carbonyl (C=O) groups excluding carboxylic acids is 1. The van der Waals surface area contributed by atoms with Gasteiger partial charge < -0.3 is 15.0 Å². The number of ether oxygens (including phenoxy) is 1. The van der Waals surface area contributed by atoms with E-state index in [0.717, 1.165) is 5.56 Å². The first kappa shape index (κ1) is 19.7. The third-order valence-electron chi connectivity index (χ3n) is 4.56. The summed E-state index contributed by atoms with van der Waals surface area (Å²) in [6.45, 7) is 0.197. The summed E-state index contributed by atoms with van der Waals surface area (Å²) >= 11 is 0. The SMILES string of the molecule is O=C1c2cccnc2[C@@H](Nc2ccc(OC(F)(F)F)cc2)N1Cc1ccc(F)cc1. The molecule has 3 aromatic rings. The Balaban J connectivity index is 1.59. The number of halogens is 4. The molecule has 0 unspecified atom stereocenters. The van der Waals surface area contributed by atoms with Crippen molar-refractivity contribution in [3.8, 4) is 5.75 Å². The summed E-state index contributed by atoms with van der Waals surface area (Å²) in [4.78, 5) is 18.7. The maximum atomic E-state index is 13.2. The molecule has 1 atom stereocenters. The molecule has 2 aromatic carbocycles. The van der Waals surface area contributed by atoms with Gasteiger partial charge in [0.2, 0.25) is 0 Å². The van der Waals surface area contributed by atoms with Crippen molar-refractivity contribution in [3.05, 3.63) is 89.5 Å². The van der Waals surface area contributed by atoms with E-state index < -0.39 is 12.5 Å². The van der Waals surface area contributed by atoms with E-state index in [2.05, 4.69) is 15.0 Å². The monoisotopic (exact) mass is 417 g/mol. The lowest BCUT2D eigenvalue weighted by atomic mass is 10.2. The number of anilines is 1. The molecule has 1 aromatic heterocycles.